The lowest BCUT2D eigenvalue weighted by Gasteiger charge is -2.21. The monoisotopic (exact) mass is 390 g/mol. The number of aromatic nitrogens is 1. The molecule has 0 aliphatic carbocycles. The van der Waals surface area contributed by atoms with E-state index in [0.717, 1.165) is 46.7 Å². The summed E-state index contributed by atoms with van der Waals surface area (Å²) in [6.45, 7) is 5.84. The number of hydrogen-bond donors (Lipinski definition) is 2. The SMILES string of the molecule is CCc1noc(CC)c1CNC(=NC)NCCc1cc(F)cc2c1OCOC2. The number of benzene rings is 1. The molecule has 0 fully saturated rings. The molecule has 152 valence electrons. The molecule has 0 amide bonds. The molecule has 0 spiro atoms. The largest absolute Gasteiger partial charge is 0.467 e. The second kappa shape index (κ2) is 9.54. The smallest absolute Gasteiger partial charge is 0.191 e. The van der Waals surface area contributed by atoms with Crippen molar-refractivity contribution >= 4 is 5.96 Å². The molecule has 0 saturated carbocycles. The number of aliphatic imine (C=N–C) groups is 1. The topological polar surface area (TPSA) is 80.9 Å². The van der Waals surface area contributed by atoms with Crippen molar-refractivity contribution in [2.24, 2.45) is 4.99 Å². The van der Waals surface area contributed by atoms with E-state index >= 15 is 0 Å². The van der Waals surface area contributed by atoms with Gasteiger partial charge in [-0.1, -0.05) is 19.0 Å². The first-order valence-corrected chi connectivity index (χ1v) is 9.58. The highest BCUT2D eigenvalue weighted by Crippen LogP contribution is 2.29. The van der Waals surface area contributed by atoms with Gasteiger partial charge in [-0.15, -0.1) is 0 Å². The molecular weight excluding hydrogens is 363 g/mol. The molecule has 28 heavy (non-hydrogen) atoms. The fraction of sp³-hybridized carbons (Fsp3) is 0.500. The highest BCUT2D eigenvalue weighted by Gasteiger charge is 2.17. The zero-order valence-electron chi connectivity index (χ0n) is 16.6. The van der Waals surface area contributed by atoms with E-state index in [4.69, 9.17) is 14.0 Å². The van der Waals surface area contributed by atoms with E-state index in [-0.39, 0.29) is 12.6 Å². The molecule has 2 aromatic rings. The zero-order valence-corrected chi connectivity index (χ0v) is 16.6. The summed E-state index contributed by atoms with van der Waals surface area (Å²) in [5.41, 5.74) is 3.61. The van der Waals surface area contributed by atoms with E-state index in [0.29, 0.717) is 32.1 Å². The minimum atomic E-state index is -0.281. The third kappa shape index (κ3) is 4.62. The highest BCUT2D eigenvalue weighted by atomic mass is 19.1. The molecule has 8 heteroatoms. The minimum absolute atomic E-state index is 0.195. The van der Waals surface area contributed by atoms with E-state index in [1.807, 2.05) is 6.92 Å². The summed E-state index contributed by atoms with van der Waals surface area (Å²) in [4.78, 5) is 4.25. The van der Waals surface area contributed by atoms with Crippen molar-refractivity contribution in [1.29, 1.82) is 0 Å². The molecule has 1 aliphatic rings. The van der Waals surface area contributed by atoms with Crippen LogP contribution in [0.5, 0.6) is 5.75 Å². The zero-order chi connectivity index (χ0) is 19.9. The summed E-state index contributed by atoms with van der Waals surface area (Å²) in [5, 5.41) is 10.7. The Balaban J connectivity index is 1.57. The van der Waals surface area contributed by atoms with Gasteiger partial charge in [-0.25, -0.2) is 4.39 Å². The van der Waals surface area contributed by atoms with Crippen LogP contribution in [0.3, 0.4) is 0 Å². The fourth-order valence-corrected chi connectivity index (χ4v) is 3.29. The summed E-state index contributed by atoms with van der Waals surface area (Å²) in [6, 6.07) is 2.97. The summed E-state index contributed by atoms with van der Waals surface area (Å²) in [7, 11) is 1.72. The Bertz CT molecular complexity index is 814. The van der Waals surface area contributed by atoms with Crippen LogP contribution in [0.15, 0.2) is 21.6 Å². The molecule has 1 aromatic carbocycles. The summed E-state index contributed by atoms with van der Waals surface area (Å²) < 4.78 is 30.0. The van der Waals surface area contributed by atoms with Crippen LogP contribution in [-0.2, 0) is 37.2 Å². The number of halogens is 1. The molecule has 0 saturated heterocycles. The van der Waals surface area contributed by atoms with E-state index in [9.17, 15) is 4.39 Å². The average Bonchev–Trinajstić information content (AvgIpc) is 3.12. The van der Waals surface area contributed by atoms with Gasteiger partial charge in [0, 0.05) is 37.7 Å². The number of rotatable bonds is 7. The van der Waals surface area contributed by atoms with Crippen LogP contribution in [0.25, 0.3) is 0 Å². The number of guanidine groups is 1. The number of fused-ring (bicyclic) bond motifs is 1. The molecular formula is C20H27FN4O3. The van der Waals surface area contributed by atoms with Crippen LogP contribution in [0.4, 0.5) is 4.39 Å². The van der Waals surface area contributed by atoms with Gasteiger partial charge in [0.05, 0.1) is 12.3 Å². The lowest BCUT2D eigenvalue weighted by Crippen LogP contribution is -2.38. The Kier molecular flexibility index (Phi) is 6.86. The van der Waals surface area contributed by atoms with E-state index < -0.39 is 0 Å². The maximum absolute atomic E-state index is 13.8. The molecule has 7 nitrogen and oxygen atoms in total. The van der Waals surface area contributed by atoms with Crippen molar-refractivity contribution in [3.63, 3.8) is 0 Å². The van der Waals surface area contributed by atoms with Gasteiger partial charge in [-0.05, 0) is 30.5 Å². The van der Waals surface area contributed by atoms with E-state index in [1.165, 1.54) is 12.1 Å². The Hall–Kier alpha value is -2.61. The number of nitrogens with zero attached hydrogens (tertiary/aromatic N) is 2. The standard InChI is InChI=1S/C20H27FN4O3/c1-4-17-16(18(5-2)28-25-17)10-24-20(22-3)23-7-6-13-8-15(21)9-14-11-26-12-27-19(13)14/h8-9H,4-7,10-12H2,1-3H3,(H2,22,23,24). The molecule has 1 aliphatic heterocycles. The van der Waals surface area contributed by atoms with Crippen molar-refractivity contribution in [2.75, 3.05) is 20.4 Å². The first-order chi connectivity index (χ1) is 13.7. The van der Waals surface area contributed by atoms with Crippen molar-refractivity contribution < 1.29 is 18.4 Å². The summed E-state index contributed by atoms with van der Waals surface area (Å²) >= 11 is 0. The maximum Gasteiger partial charge on any atom is 0.191 e. The fourth-order valence-electron chi connectivity index (χ4n) is 3.29. The first kappa shape index (κ1) is 20.1. The van der Waals surface area contributed by atoms with Crippen molar-refractivity contribution in [2.45, 2.75) is 46.3 Å². The molecule has 0 atom stereocenters. The normalized spacial score (nSPS) is 13.8. The maximum atomic E-state index is 13.8. The number of aryl methyl sites for hydroxylation is 2. The van der Waals surface area contributed by atoms with Crippen LogP contribution < -0.4 is 15.4 Å². The van der Waals surface area contributed by atoms with Crippen LogP contribution in [-0.4, -0.2) is 31.5 Å². The predicted octanol–water partition coefficient (Wildman–Crippen LogP) is 2.71. The molecule has 3 rings (SSSR count). The number of nitrogens with one attached hydrogen (secondary N) is 2. The van der Waals surface area contributed by atoms with Gasteiger partial charge in [-0.2, -0.15) is 0 Å². The van der Waals surface area contributed by atoms with Gasteiger partial charge < -0.3 is 24.6 Å². The molecule has 1 aromatic heterocycles. The number of hydrogen-bond acceptors (Lipinski definition) is 5. The van der Waals surface area contributed by atoms with Gasteiger partial charge in [-0.3, -0.25) is 4.99 Å². The lowest BCUT2D eigenvalue weighted by atomic mass is 10.1. The first-order valence-electron chi connectivity index (χ1n) is 9.58. The van der Waals surface area contributed by atoms with Crippen molar-refractivity contribution in [1.82, 2.24) is 15.8 Å². The van der Waals surface area contributed by atoms with E-state index in [2.05, 4.69) is 27.7 Å². The van der Waals surface area contributed by atoms with Crippen LogP contribution in [0.1, 0.15) is 42.0 Å². The summed E-state index contributed by atoms with van der Waals surface area (Å²) in [5.74, 6) is 2.00. The van der Waals surface area contributed by atoms with E-state index in [1.54, 1.807) is 7.05 Å². The van der Waals surface area contributed by atoms with Crippen LogP contribution >= 0.6 is 0 Å². The van der Waals surface area contributed by atoms with Gasteiger partial charge >= 0.3 is 0 Å². The molecule has 0 radical (unpaired) electrons. The molecule has 0 unspecified atom stereocenters. The van der Waals surface area contributed by atoms with Gasteiger partial charge in [0.15, 0.2) is 12.8 Å². The Morgan fingerprint density at radius 2 is 2.11 bits per heavy atom. The van der Waals surface area contributed by atoms with Crippen LogP contribution in [0, 0.1) is 5.82 Å². The Morgan fingerprint density at radius 3 is 2.86 bits per heavy atom. The molecule has 2 heterocycles. The molecule has 2 N–H and O–H groups in total. The van der Waals surface area contributed by atoms with Crippen LogP contribution in [0.2, 0.25) is 0 Å². The number of ether oxygens (including phenoxy) is 2. The van der Waals surface area contributed by atoms with Gasteiger partial charge in [0.2, 0.25) is 0 Å². The third-order valence-corrected chi connectivity index (χ3v) is 4.70. The van der Waals surface area contributed by atoms with Gasteiger partial charge in [0.25, 0.3) is 0 Å². The van der Waals surface area contributed by atoms with Gasteiger partial charge in [0.1, 0.15) is 17.3 Å². The second-order valence-electron chi connectivity index (χ2n) is 6.50. The summed E-state index contributed by atoms with van der Waals surface area (Å²) in [6.07, 6.45) is 2.22. The predicted molar refractivity (Wildman–Crippen MR) is 104 cm³/mol. The quantitative estimate of drug-likeness (QED) is 0.559. The second-order valence-corrected chi connectivity index (χ2v) is 6.50. The molecule has 0 bridgehead atoms. The Labute approximate surface area is 164 Å². The van der Waals surface area contributed by atoms with Crippen molar-refractivity contribution in [3.05, 3.63) is 46.1 Å². The lowest BCUT2D eigenvalue weighted by molar-refractivity contribution is -0.0172. The third-order valence-electron chi connectivity index (χ3n) is 4.70. The highest BCUT2D eigenvalue weighted by molar-refractivity contribution is 5.79. The van der Waals surface area contributed by atoms with Crippen molar-refractivity contribution in [3.8, 4) is 5.75 Å². The Morgan fingerprint density at radius 1 is 1.25 bits per heavy atom. The minimum Gasteiger partial charge on any atom is -0.467 e. The average molecular weight is 390 g/mol.